The molecule has 0 aromatic heterocycles. The van der Waals surface area contributed by atoms with Crippen molar-refractivity contribution in [2.45, 2.75) is 92.3 Å². The Labute approximate surface area is 233 Å². The van der Waals surface area contributed by atoms with E-state index >= 15 is 0 Å². The summed E-state index contributed by atoms with van der Waals surface area (Å²) in [5, 5.41) is 17.3. The van der Waals surface area contributed by atoms with E-state index in [-0.39, 0.29) is 29.7 Å². The van der Waals surface area contributed by atoms with Crippen molar-refractivity contribution in [2.75, 3.05) is 0 Å². The topological polar surface area (TPSA) is 98.7 Å². The Kier molecular flexibility index (Phi) is 6.14. The summed E-state index contributed by atoms with van der Waals surface area (Å²) in [7, 11) is 0. The summed E-state index contributed by atoms with van der Waals surface area (Å²) in [5.41, 5.74) is 3.75. The van der Waals surface area contributed by atoms with Crippen LogP contribution >= 0.6 is 11.8 Å². The quantitative estimate of drug-likeness (QED) is 0.361. The van der Waals surface area contributed by atoms with Crippen LogP contribution in [0, 0.1) is 11.8 Å². The molecule has 4 saturated carbocycles. The van der Waals surface area contributed by atoms with Crippen molar-refractivity contribution < 1.29 is 19.5 Å². The fourth-order valence-corrected chi connectivity index (χ4v) is 9.36. The van der Waals surface area contributed by atoms with E-state index < -0.39 is 11.6 Å². The summed E-state index contributed by atoms with van der Waals surface area (Å²) in [6.45, 7) is 1.22. The maximum Gasteiger partial charge on any atom is 0.255 e. The van der Waals surface area contributed by atoms with E-state index in [1.54, 1.807) is 16.7 Å². The highest BCUT2D eigenvalue weighted by atomic mass is 32.2. The molecular weight excluding hydrogens is 510 g/mol. The van der Waals surface area contributed by atoms with Gasteiger partial charge in [0.05, 0.1) is 5.60 Å². The molecule has 3 atom stereocenters. The van der Waals surface area contributed by atoms with E-state index in [9.17, 15) is 19.5 Å². The predicted octanol–water partition coefficient (Wildman–Crippen LogP) is 3.91. The summed E-state index contributed by atoms with van der Waals surface area (Å²) in [4.78, 5) is 39.7. The normalized spacial score (nSPS) is 33.0. The van der Waals surface area contributed by atoms with Crippen molar-refractivity contribution in [3.8, 4) is 0 Å². The van der Waals surface area contributed by atoms with Gasteiger partial charge in [-0.15, -0.1) is 11.8 Å². The number of nitrogens with zero attached hydrogens (tertiary/aromatic N) is 1. The number of rotatable bonds is 7. The number of fused-ring (bicyclic) bond motifs is 1. The summed E-state index contributed by atoms with van der Waals surface area (Å²) in [6, 6.07) is 13.9. The monoisotopic (exact) mass is 545 g/mol. The van der Waals surface area contributed by atoms with Crippen molar-refractivity contribution in [3.63, 3.8) is 0 Å². The lowest BCUT2D eigenvalue weighted by atomic mass is 9.51. The second-order valence-electron chi connectivity index (χ2n) is 12.6. The van der Waals surface area contributed by atoms with Gasteiger partial charge in [-0.05, 0) is 85.6 Å². The van der Waals surface area contributed by atoms with Gasteiger partial charge < -0.3 is 15.3 Å². The SMILES string of the molecule is O=C1CCC(N2Cc3c(SCc4ccc(CNC56CC7CC(CC(O)(C7)C5)C6)cc4)cccc3C2=O)C(=O)N1. The van der Waals surface area contributed by atoms with Crippen molar-refractivity contribution in [3.05, 3.63) is 64.7 Å². The van der Waals surface area contributed by atoms with E-state index in [2.05, 4.69) is 34.9 Å². The second kappa shape index (κ2) is 9.46. The molecule has 4 bridgehead atoms. The number of aliphatic hydroxyl groups is 1. The molecular formula is C31H35N3O4S. The highest BCUT2D eigenvalue weighted by molar-refractivity contribution is 7.98. The van der Waals surface area contributed by atoms with Gasteiger partial charge in [0.25, 0.3) is 5.91 Å². The Morgan fingerprint density at radius 2 is 1.74 bits per heavy atom. The molecule has 4 aliphatic carbocycles. The molecule has 39 heavy (non-hydrogen) atoms. The number of carbonyl (C=O) groups excluding carboxylic acids is 3. The zero-order valence-corrected chi connectivity index (χ0v) is 22.9. The lowest BCUT2D eigenvalue weighted by molar-refractivity contribution is -0.142. The molecule has 8 rings (SSSR count). The Morgan fingerprint density at radius 3 is 2.46 bits per heavy atom. The van der Waals surface area contributed by atoms with E-state index in [4.69, 9.17) is 0 Å². The molecule has 2 aromatic rings. The van der Waals surface area contributed by atoms with Gasteiger partial charge in [-0.25, -0.2) is 0 Å². The molecule has 2 heterocycles. The molecule has 3 N–H and O–H groups in total. The number of piperidine rings is 1. The number of hydrogen-bond acceptors (Lipinski definition) is 6. The summed E-state index contributed by atoms with van der Waals surface area (Å²) in [6.07, 6.45) is 7.21. The number of nitrogens with one attached hydrogen (secondary N) is 2. The fraction of sp³-hybridized carbons (Fsp3) is 0.516. The van der Waals surface area contributed by atoms with Crippen LogP contribution < -0.4 is 10.6 Å². The highest BCUT2D eigenvalue weighted by Gasteiger charge is 2.56. The zero-order valence-electron chi connectivity index (χ0n) is 22.1. The molecule has 7 nitrogen and oxygen atoms in total. The van der Waals surface area contributed by atoms with Crippen LogP contribution in [-0.4, -0.2) is 44.9 Å². The van der Waals surface area contributed by atoms with Crippen molar-refractivity contribution in [1.29, 1.82) is 0 Å². The predicted molar refractivity (Wildman–Crippen MR) is 148 cm³/mol. The third kappa shape index (κ3) is 4.70. The molecule has 204 valence electrons. The Morgan fingerprint density at radius 1 is 1.00 bits per heavy atom. The van der Waals surface area contributed by atoms with Gasteiger partial charge in [0, 0.05) is 41.3 Å². The fourth-order valence-electron chi connectivity index (χ4n) is 8.32. The Bertz CT molecular complexity index is 1330. The average molecular weight is 546 g/mol. The summed E-state index contributed by atoms with van der Waals surface area (Å²) in [5.74, 6) is 1.35. The van der Waals surface area contributed by atoms with Gasteiger partial charge >= 0.3 is 0 Å². The van der Waals surface area contributed by atoms with E-state index in [0.717, 1.165) is 42.0 Å². The van der Waals surface area contributed by atoms with Crippen molar-refractivity contribution in [2.24, 2.45) is 11.8 Å². The molecule has 3 unspecified atom stereocenters. The largest absolute Gasteiger partial charge is 0.390 e. The number of carbonyl (C=O) groups is 3. The first-order valence-electron chi connectivity index (χ1n) is 14.2. The first kappa shape index (κ1) is 25.3. The van der Waals surface area contributed by atoms with Crippen LogP contribution in [0.4, 0.5) is 0 Å². The number of benzene rings is 2. The maximum atomic E-state index is 13.1. The molecule has 0 spiro atoms. The summed E-state index contributed by atoms with van der Waals surface area (Å²) < 4.78 is 0. The molecule has 2 aromatic carbocycles. The van der Waals surface area contributed by atoms with Crippen LogP contribution in [0.25, 0.3) is 0 Å². The van der Waals surface area contributed by atoms with Crippen molar-refractivity contribution in [1.82, 2.24) is 15.5 Å². The Balaban J connectivity index is 0.975. The lowest BCUT2D eigenvalue weighted by Gasteiger charge is -2.60. The average Bonchev–Trinajstić information content (AvgIpc) is 3.22. The van der Waals surface area contributed by atoms with Gasteiger partial charge in [0.2, 0.25) is 11.8 Å². The van der Waals surface area contributed by atoms with E-state index in [1.165, 1.54) is 30.4 Å². The van der Waals surface area contributed by atoms with Crippen LogP contribution in [0.1, 0.15) is 78.4 Å². The van der Waals surface area contributed by atoms with Gasteiger partial charge in [-0.3, -0.25) is 19.7 Å². The lowest BCUT2D eigenvalue weighted by Crippen LogP contribution is -2.64. The van der Waals surface area contributed by atoms with Gasteiger partial charge in [-0.2, -0.15) is 0 Å². The van der Waals surface area contributed by atoms with Gasteiger partial charge in [0.15, 0.2) is 0 Å². The van der Waals surface area contributed by atoms with Crippen LogP contribution in [0.15, 0.2) is 47.4 Å². The minimum Gasteiger partial charge on any atom is -0.390 e. The van der Waals surface area contributed by atoms with Crippen LogP contribution in [0.3, 0.4) is 0 Å². The molecule has 3 amide bonds. The number of hydrogen-bond donors (Lipinski definition) is 3. The molecule has 8 heteroatoms. The molecule has 0 radical (unpaired) electrons. The maximum absolute atomic E-state index is 13.1. The van der Waals surface area contributed by atoms with E-state index in [1.807, 2.05) is 18.2 Å². The summed E-state index contributed by atoms with van der Waals surface area (Å²) >= 11 is 1.71. The van der Waals surface area contributed by atoms with Gasteiger partial charge in [-0.1, -0.05) is 30.3 Å². The minimum absolute atomic E-state index is 0.0974. The third-order valence-corrected chi connectivity index (χ3v) is 10.8. The van der Waals surface area contributed by atoms with Crippen LogP contribution in [-0.2, 0) is 28.4 Å². The third-order valence-electron chi connectivity index (χ3n) is 9.65. The highest BCUT2D eigenvalue weighted by Crippen LogP contribution is 2.57. The molecule has 5 fully saturated rings. The minimum atomic E-state index is -0.594. The van der Waals surface area contributed by atoms with E-state index in [0.29, 0.717) is 30.4 Å². The Hall–Kier alpha value is -2.68. The zero-order chi connectivity index (χ0) is 26.8. The first-order chi connectivity index (χ1) is 18.8. The number of imide groups is 1. The molecule has 6 aliphatic rings. The first-order valence-corrected chi connectivity index (χ1v) is 15.2. The number of thioether (sulfide) groups is 1. The van der Waals surface area contributed by atoms with Crippen LogP contribution in [0.5, 0.6) is 0 Å². The second-order valence-corrected chi connectivity index (χ2v) is 13.6. The van der Waals surface area contributed by atoms with Crippen LogP contribution in [0.2, 0.25) is 0 Å². The number of amides is 3. The van der Waals surface area contributed by atoms with Crippen molar-refractivity contribution >= 4 is 29.5 Å². The molecule has 2 aliphatic heterocycles. The van der Waals surface area contributed by atoms with Gasteiger partial charge in [0.1, 0.15) is 6.04 Å². The standard InChI is InChI=1S/C31H35N3O4S/c35-27-9-8-25(28(36)33-27)34-16-24-23(29(34)37)2-1-3-26(24)39-17-20-6-4-19(5-7-20)15-32-30-11-21-10-22(12-30)14-31(38,13-21)18-30/h1-7,21-22,25,32,38H,8-18H2,(H,33,35,36). The smallest absolute Gasteiger partial charge is 0.255 e. The molecule has 1 saturated heterocycles.